The Balaban J connectivity index is 1.90. The van der Waals surface area contributed by atoms with Gasteiger partial charge in [-0.15, -0.1) is 0 Å². The highest BCUT2D eigenvalue weighted by molar-refractivity contribution is 6.30. The largest absolute Gasteiger partial charge is 0.481 e. The van der Waals surface area contributed by atoms with Crippen LogP contribution in [0.5, 0.6) is 5.75 Å². The van der Waals surface area contributed by atoms with Crippen LogP contribution in [0, 0.1) is 11.7 Å². The maximum atomic E-state index is 14.0. The van der Waals surface area contributed by atoms with E-state index in [2.05, 4.69) is 5.32 Å². The van der Waals surface area contributed by atoms with Crippen LogP contribution in [0.25, 0.3) is 0 Å². The number of carbonyl (C=O) groups excluding carboxylic acids is 2. The molecule has 0 saturated heterocycles. The lowest BCUT2D eigenvalue weighted by Gasteiger charge is -2.31. The maximum absolute atomic E-state index is 14.0. The number of halogens is 2. The fourth-order valence-corrected chi connectivity index (χ4v) is 3.67. The number of carbonyl (C=O) groups is 2. The molecule has 1 N–H and O–H groups in total. The molecule has 0 spiro atoms. The molecule has 7 heteroatoms. The summed E-state index contributed by atoms with van der Waals surface area (Å²) in [7, 11) is 0. The van der Waals surface area contributed by atoms with Gasteiger partial charge >= 0.3 is 0 Å². The van der Waals surface area contributed by atoms with Crippen LogP contribution in [-0.2, 0) is 22.6 Å². The van der Waals surface area contributed by atoms with Gasteiger partial charge in [0.1, 0.15) is 6.04 Å². The molecule has 2 amide bonds. The minimum absolute atomic E-state index is 0.0174. The first-order valence-corrected chi connectivity index (χ1v) is 11.9. The number of rotatable bonds is 11. The van der Waals surface area contributed by atoms with E-state index in [1.165, 1.54) is 17.0 Å². The maximum Gasteiger partial charge on any atom is 0.261 e. The van der Waals surface area contributed by atoms with Gasteiger partial charge in [-0.25, -0.2) is 4.39 Å². The average molecular weight is 497 g/mol. The molecule has 35 heavy (non-hydrogen) atoms. The predicted octanol–water partition coefficient (Wildman–Crippen LogP) is 5.27. The summed E-state index contributed by atoms with van der Waals surface area (Å²) < 4.78 is 19.5. The lowest BCUT2D eigenvalue weighted by atomic mass is 10.0. The summed E-state index contributed by atoms with van der Waals surface area (Å²) in [6, 6.07) is 21.7. The normalized spacial score (nSPS) is 11.7. The Labute approximate surface area is 210 Å². The number of para-hydroxylation sites is 1. The van der Waals surface area contributed by atoms with E-state index in [0.29, 0.717) is 18.0 Å². The first kappa shape index (κ1) is 26.2. The number of ether oxygens (including phenoxy) is 1. The Hall–Kier alpha value is -3.38. The molecule has 184 valence electrons. The Morgan fingerprint density at radius 3 is 2.26 bits per heavy atom. The van der Waals surface area contributed by atoms with Crippen molar-refractivity contribution in [1.29, 1.82) is 0 Å². The van der Waals surface area contributed by atoms with Gasteiger partial charge in [-0.05, 0) is 41.3 Å². The molecule has 0 saturated carbocycles. The van der Waals surface area contributed by atoms with E-state index in [1.807, 2.05) is 56.3 Å². The van der Waals surface area contributed by atoms with Crippen LogP contribution < -0.4 is 10.1 Å². The van der Waals surface area contributed by atoms with Gasteiger partial charge in [-0.2, -0.15) is 0 Å². The minimum atomic E-state index is -0.788. The summed E-state index contributed by atoms with van der Waals surface area (Å²) in [5, 5.41) is 3.53. The summed E-state index contributed by atoms with van der Waals surface area (Å²) in [6.07, 6.45) is 0.323. The highest BCUT2D eigenvalue weighted by atomic mass is 35.5. The van der Waals surface area contributed by atoms with Crippen LogP contribution >= 0.6 is 11.6 Å². The van der Waals surface area contributed by atoms with Gasteiger partial charge in [0.25, 0.3) is 5.91 Å². The number of benzene rings is 3. The van der Waals surface area contributed by atoms with E-state index in [1.54, 1.807) is 24.3 Å². The number of hydrogen-bond acceptors (Lipinski definition) is 3. The van der Waals surface area contributed by atoms with Crippen LogP contribution in [-0.4, -0.2) is 35.9 Å². The summed E-state index contributed by atoms with van der Waals surface area (Å²) in [6.45, 7) is 4.26. The van der Waals surface area contributed by atoms with Gasteiger partial charge < -0.3 is 15.0 Å². The molecule has 0 aromatic heterocycles. The molecule has 3 aromatic rings. The quantitative estimate of drug-likeness (QED) is 0.393. The molecule has 3 rings (SSSR count). The van der Waals surface area contributed by atoms with Crippen molar-refractivity contribution < 1.29 is 18.7 Å². The second kappa shape index (κ2) is 12.9. The number of hydrogen-bond donors (Lipinski definition) is 1. The van der Waals surface area contributed by atoms with Crippen LogP contribution in [0.1, 0.15) is 25.0 Å². The molecule has 0 aliphatic rings. The van der Waals surface area contributed by atoms with Gasteiger partial charge in [0.15, 0.2) is 18.2 Å². The lowest BCUT2D eigenvalue weighted by molar-refractivity contribution is -0.142. The molecule has 0 bridgehead atoms. The van der Waals surface area contributed by atoms with Crippen molar-refractivity contribution in [2.24, 2.45) is 5.92 Å². The van der Waals surface area contributed by atoms with Crippen LogP contribution in [0.15, 0.2) is 78.9 Å². The van der Waals surface area contributed by atoms with Gasteiger partial charge in [0.2, 0.25) is 5.91 Å². The molecule has 5 nitrogen and oxygen atoms in total. The molecule has 0 fully saturated rings. The fraction of sp³-hybridized carbons (Fsp3) is 0.286. The highest BCUT2D eigenvalue weighted by Gasteiger charge is 2.30. The third-order valence-electron chi connectivity index (χ3n) is 5.41. The standard InChI is InChI=1S/C28H30ClFN2O3/c1-20(2)17-31-28(34)25(16-21-8-4-3-5-9-21)32(18-22-12-14-23(29)15-13-22)27(33)19-35-26-11-7-6-10-24(26)30/h3-15,20,25H,16-19H2,1-2H3,(H,31,34)/t25-/m0/s1. The Kier molecular flexibility index (Phi) is 9.67. The molecule has 0 aliphatic heterocycles. The van der Waals surface area contributed by atoms with Gasteiger partial charge in [-0.3, -0.25) is 9.59 Å². The summed E-state index contributed by atoms with van der Waals surface area (Å²) >= 11 is 6.03. The third-order valence-corrected chi connectivity index (χ3v) is 5.66. The number of nitrogens with zero attached hydrogens (tertiary/aromatic N) is 1. The first-order valence-electron chi connectivity index (χ1n) is 11.6. The van der Waals surface area contributed by atoms with Crippen molar-refractivity contribution in [1.82, 2.24) is 10.2 Å². The molecule has 0 aliphatic carbocycles. The molecule has 0 radical (unpaired) electrons. The van der Waals surface area contributed by atoms with Gasteiger partial charge in [0.05, 0.1) is 0 Å². The predicted molar refractivity (Wildman–Crippen MR) is 136 cm³/mol. The number of nitrogens with one attached hydrogen (secondary N) is 1. The van der Waals surface area contributed by atoms with Crippen molar-refractivity contribution >= 4 is 23.4 Å². The van der Waals surface area contributed by atoms with Crippen LogP contribution in [0.3, 0.4) is 0 Å². The van der Waals surface area contributed by atoms with Gasteiger partial charge in [-0.1, -0.05) is 80.0 Å². The zero-order chi connectivity index (χ0) is 25.2. The lowest BCUT2D eigenvalue weighted by Crippen LogP contribution is -2.52. The minimum Gasteiger partial charge on any atom is -0.481 e. The second-order valence-corrected chi connectivity index (χ2v) is 9.15. The van der Waals surface area contributed by atoms with Crippen molar-refractivity contribution in [3.63, 3.8) is 0 Å². The Morgan fingerprint density at radius 1 is 0.943 bits per heavy atom. The van der Waals surface area contributed by atoms with Crippen LogP contribution in [0.2, 0.25) is 5.02 Å². The Bertz CT molecular complexity index is 1110. The fourth-order valence-electron chi connectivity index (χ4n) is 3.55. The summed E-state index contributed by atoms with van der Waals surface area (Å²) in [5.74, 6) is -1.00. The average Bonchev–Trinajstić information content (AvgIpc) is 2.85. The SMILES string of the molecule is CC(C)CNC(=O)[C@H](Cc1ccccc1)N(Cc1ccc(Cl)cc1)C(=O)COc1ccccc1F. The van der Waals surface area contributed by atoms with E-state index in [4.69, 9.17) is 16.3 Å². The highest BCUT2D eigenvalue weighted by Crippen LogP contribution is 2.19. The van der Waals surface area contributed by atoms with Crippen molar-refractivity contribution in [2.75, 3.05) is 13.2 Å². The molecule has 0 unspecified atom stereocenters. The van der Waals surface area contributed by atoms with Crippen molar-refractivity contribution in [3.05, 3.63) is 101 Å². The topological polar surface area (TPSA) is 58.6 Å². The monoisotopic (exact) mass is 496 g/mol. The zero-order valence-electron chi connectivity index (χ0n) is 19.9. The van der Waals surface area contributed by atoms with E-state index < -0.39 is 24.4 Å². The zero-order valence-corrected chi connectivity index (χ0v) is 20.7. The van der Waals surface area contributed by atoms with Crippen molar-refractivity contribution in [3.8, 4) is 5.75 Å². The smallest absolute Gasteiger partial charge is 0.261 e. The van der Waals surface area contributed by atoms with E-state index in [9.17, 15) is 14.0 Å². The molecular weight excluding hydrogens is 467 g/mol. The number of amides is 2. The Morgan fingerprint density at radius 2 is 1.60 bits per heavy atom. The summed E-state index contributed by atoms with van der Waals surface area (Å²) in [5.41, 5.74) is 1.73. The second-order valence-electron chi connectivity index (χ2n) is 8.71. The van der Waals surface area contributed by atoms with E-state index >= 15 is 0 Å². The van der Waals surface area contributed by atoms with Gasteiger partial charge in [0, 0.05) is 24.5 Å². The van der Waals surface area contributed by atoms with Crippen molar-refractivity contribution in [2.45, 2.75) is 32.9 Å². The summed E-state index contributed by atoms with van der Waals surface area (Å²) in [4.78, 5) is 28.3. The first-order chi connectivity index (χ1) is 16.8. The molecular formula is C28H30ClFN2O3. The van der Waals surface area contributed by atoms with E-state index in [-0.39, 0.29) is 24.1 Å². The molecule has 0 heterocycles. The molecule has 3 aromatic carbocycles. The van der Waals surface area contributed by atoms with Crippen LogP contribution in [0.4, 0.5) is 4.39 Å². The molecule has 1 atom stereocenters. The van der Waals surface area contributed by atoms with E-state index in [0.717, 1.165) is 11.1 Å². The third kappa shape index (κ3) is 8.11.